The van der Waals surface area contributed by atoms with Crippen molar-refractivity contribution in [3.8, 4) is 0 Å². The number of rotatable bonds is 4. The van der Waals surface area contributed by atoms with Crippen molar-refractivity contribution in [2.45, 2.75) is 25.8 Å². The molecule has 0 amide bonds. The quantitative estimate of drug-likeness (QED) is 0.840. The first-order valence-corrected chi connectivity index (χ1v) is 6.16. The summed E-state index contributed by atoms with van der Waals surface area (Å²) in [7, 11) is 0. The molecule has 0 aromatic heterocycles. The first-order valence-electron chi connectivity index (χ1n) is 5.37. The van der Waals surface area contributed by atoms with E-state index in [2.05, 4.69) is 20.7 Å². The van der Waals surface area contributed by atoms with Crippen molar-refractivity contribution in [2.24, 2.45) is 5.73 Å². The molecule has 19 heavy (non-hydrogen) atoms. The molecule has 0 saturated heterocycles. The number of hydrogen-bond acceptors (Lipinski definition) is 3. The molecule has 0 spiro atoms. The summed E-state index contributed by atoms with van der Waals surface area (Å²) < 4.78 is 32.3. The van der Waals surface area contributed by atoms with Gasteiger partial charge in [0.1, 0.15) is 6.04 Å². The van der Waals surface area contributed by atoms with E-state index < -0.39 is 17.9 Å². The van der Waals surface area contributed by atoms with Crippen LogP contribution in [-0.2, 0) is 9.53 Å². The third-order valence-corrected chi connectivity index (χ3v) is 3.12. The molecule has 1 rings (SSSR count). The highest BCUT2D eigenvalue weighted by Crippen LogP contribution is 2.34. The predicted octanol–water partition coefficient (Wildman–Crippen LogP) is 3.38. The molecule has 0 unspecified atom stereocenters. The van der Waals surface area contributed by atoms with Gasteiger partial charge in [-0.1, -0.05) is 28.1 Å². The van der Waals surface area contributed by atoms with Gasteiger partial charge >= 0.3 is 11.9 Å². The molecule has 0 heterocycles. The van der Waals surface area contributed by atoms with Crippen molar-refractivity contribution >= 4 is 34.3 Å². The monoisotopic (exact) mass is 357 g/mol. The Labute approximate surface area is 125 Å². The maximum atomic E-state index is 13.7. The second-order valence-electron chi connectivity index (χ2n) is 3.85. The first-order chi connectivity index (χ1) is 8.30. The number of carbonyl (C=O) groups is 1. The van der Waals surface area contributed by atoms with Crippen LogP contribution in [0.4, 0.5) is 8.78 Å². The fourth-order valence-corrected chi connectivity index (χ4v) is 2.17. The Bertz CT molecular complexity index is 457. The molecule has 0 saturated carbocycles. The van der Waals surface area contributed by atoms with Crippen LogP contribution in [0.15, 0.2) is 22.7 Å². The van der Waals surface area contributed by atoms with Crippen LogP contribution < -0.4 is 5.73 Å². The largest absolute Gasteiger partial charge is 0.462 e. The summed E-state index contributed by atoms with van der Waals surface area (Å²) in [4.78, 5) is 11.2. The van der Waals surface area contributed by atoms with Gasteiger partial charge in [-0.2, -0.15) is 8.78 Å². The van der Waals surface area contributed by atoms with Crippen LogP contribution in [0.5, 0.6) is 0 Å². The van der Waals surface area contributed by atoms with Gasteiger partial charge in [-0.3, -0.25) is 0 Å². The zero-order valence-corrected chi connectivity index (χ0v) is 12.9. The van der Waals surface area contributed by atoms with Crippen LogP contribution in [-0.4, -0.2) is 18.5 Å². The van der Waals surface area contributed by atoms with E-state index in [0.29, 0.717) is 4.47 Å². The Hall–Kier alpha value is -0.720. The fraction of sp³-hybridized carbons (Fsp3) is 0.417. The minimum absolute atomic E-state index is 0. The van der Waals surface area contributed by atoms with E-state index in [1.54, 1.807) is 12.1 Å². The van der Waals surface area contributed by atoms with Gasteiger partial charge in [-0.25, -0.2) is 4.79 Å². The fourth-order valence-electron chi connectivity index (χ4n) is 1.43. The molecule has 0 bridgehead atoms. The molecule has 1 atom stereocenters. The maximum Gasteiger partial charge on any atom is 0.379 e. The number of carbonyl (C=O) groups excluding carboxylic acids is 1. The minimum Gasteiger partial charge on any atom is -0.462 e. The Morgan fingerprint density at radius 3 is 2.58 bits per heavy atom. The summed E-state index contributed by atoms with van der Waals surface area (Å²) in [6.07, 6.45) is 0. The molecule has 2 N–H and O–H groups in total. The number of halogens is 4. The number of ether oxygens (including phenoxy) is 1. The Morgan fingerprint density at radius 1 is 1.53 bits per heavy atom. The van der Waals surface area contributed by atoms with E-state index in [9.17, 15) is 13.6 Å². The van der Waals surface area contributed by atoms with Crippen molar-refractivity contribution in [3.05, 3.63) is 33.8 Å². The highest BCUT2D eigenvalue weighted by Gasteiger charge is 2.48. The van der Waals surface area contributed by atoms with Crippen molar-refractivity contribution in [3.63, 3.8) is 0 Å². The van der Waals surface area contributed by atoms with Gasteiger partial charge in [0.05, 0.1) is 6.61 Å². The van der Waals surface area contributed by atoms with Gasteiger partial charge in [0.15, 0.2) is 0 Å². The van der Waals surface area contributed by atoms with Crippen LogP contribution >= 0.6 is 28.3 Å². The molecule has 1 aromatic carbocycles. The zero-order valence-electron chi connectivity index (χ0n) is 10.5. The van der Waals surface area contributed by atoms with Crippen LogP contribution in [0.3, 0.4) is 0 Å². The topological polar surface area (TPSA) is 52.3 Å². The van der Waals surface area contributed by atoms with Crippen LogP contribution in [0.2, 0.25) is 0 Å². The normalized spacial score (nSPS) is 12.5. The summed E-state index contributed by atoms with van der Waals surface area (Å²) in [6.45, 7) is 3.17. The number of alkyl halides is 2. The Morgan fingerprint density at radius 2 is 2.11 bits per heavy atom. The standard InChI is InChI=1S/C12H14BrF2NO2.ClH/c1-3-18-11(17)12(14,15)10(16)8-5-4-7(2)6-9(8)13;/h4-6,10H,3,16H2,1-2H3;1H/t10-;/m1./s1. The second-order valence-corrected chi connectivity index (χ2v) is 4.70. The average Bonchev–Trinajstić information content (AvgIpc) is 2.28. The highest BCUT2D eigenvalue weighted by molar-refractivity contribution is 9.10. The maximum absolute atomic E-state index is 13.7. The summed E-state index contributed by atoms with van der Waals surface area (Å²) >= 11 is 3.16. The molecule has 108 valence electrons. The number of esters is 1. The van der Waals surface area contributed by atoms with Gasteiger partial charge in [0, 0.05) is 4.47 Å². The van der Waals surface area contributed by atoms with Gasteiger partial charge in [0.25, 0.3) is 0 Å². The minimum atomic E-state index is -3.76. The SMILES string of the molecule is CCOC(=O)C(F)(F)[C@H](N)c1ccc(C)cc1Br.Cl. The van der Waals surface area contributed by atoms with Crippen LogP contribution in [0.1, 0.15) is 24.1 Å². The third kappa shape index (κ3) is 4.12. The summed E-state index contributed by atoms with van der Waals surface area (Å²) in [5.74, 6) is -5.36. The van der Waals surface area contributed by atoms with E-state index in [0.717, 1.165) is 5.56 Å². The lowest BCUT2D eigenvalue weighted by Crippen LogP contribution is -2.41. The second kappa shape index (κ2) is 7.17. The lowest BCUT2D eigenvalue weighted by Gasteiger charge is -2.22. The molecule has 0 aliphatic rings. The average molecular weight is 359 g/mol. The molecular formula is C12H15BrClF2NO2. The lowest BCUT2D eigenvalue weighted by atomic mass is 10.0. The Balaban J connectivity index is 0.00000324. The van der Waals surface area contributed by atoms with E-state index >= 15 is 0 Å². The molecule has 0 aliphatic heterocycles. The molecule has 3 nitrogen and oxygen atoms in total. The van der Waals surface area contributed by atoms with Gasteiger partial charge < -0.3 is 10.5 Å². The van der Waals surface area contributed by atoms with E-state index in [4.69, 9.17) is 5.73 Å². The third-order valence-electron chi connectivity index (χ3n) is 2.43. The van der Waals surface area contributed by atoms with Crippen molar-refractivity contribution < 1.29 is 18.3 Å². The van der Waals surface area contributed by atoms with Crippen LogP contribution in [0.25, 0.3) is 0 Å². The summed E-state index contributed by atoms with van der Waals surface area (Å²) in [6, 6.07) is 3.04. The van der Waals surface area contributed by atoms with Crippen molar-refractivity contribution in [2.75, 3.05) is 6.61 Å². The van der Waals surface area contributed by atoms with Crippen molar-refractivity contribution in [1.82, 2.24) is 0 Å². The summed E-state index contributed by atoms with van der Waals surface area (Å²) in [5.41, 5.74) is 6.54. The molecule has 0 fully saturated rings. The molecule has 0 aliphatic carbocycles. The van der Waals surface area contributed by atoms with E-state index in [1.807, 2.05) is 6.92 Å². The molecular weight excluding hydrogens is 343 g/mol. The van der Waals surface area contributed by atoms with Gasteiger partial charge in [-0.15, -0.1) is 12.4 Å². The smallest absolute Gasteiger partial charge is 0.379 e. The van der Waals surface area contributed by atoms with Crippen molar-refractivity contribution in [1.29, 1.82) is 0 Å². The van der Waals surface area contributed by atoms with Crippen LogP contribution in [0, 0.1) is 6.92 Å². The zero-order chi connectivity index (χ0) is 13.9. The summed E-state index contributed by atoms with van der Waals surface area (Å²) in [5, 5.41) is 0. The molecule has 0 radical (unpaired) electrons. The van der Waals surface area contributed by atoms with Gasteiger partial charge in [-0.05, 0) is 31.0 Å². The highest BCUT2D eigenvalue weighted by atomic mass is 79.9. The Kier molecular flexibility index (Phi) is 6.89. The van der Waals surface area contributed by atoms with E-state index in [1.165, 1.54) is 13.0 Å². The molecule has 1 aromatic rings. The number of nitrogens with two attached hydrogens (primary N) is 1. The lowest BCUT2D eigenvalue weighted by molar-refractivity contribution is -0.174. The number of hydrogen-bond donors (Lipinski definition) is 1. The number of benzene rings is 1. The van der Waals surface area contributed by atoms with Gasteiger partial charge in [0.2, 0.25) is 0 Å². The van der Waals surface area contributed by atoms with E-state index in [-0.39, 0.29) is 24.6 Å². The predicted molar refractivity (Wildman–Crippen MR) is 74.6 cm³/mol. The number of aryl methyl sites for hydroxylation is 1. The molecule has 7 heteroatoms. The first kappa shape index (κ1) is 18.3.